The molecule has 0 radical (unpaired) electrons. The summed E-state index contributed by atoms with van der Waals surface area (Å²) in [5.41, 5.74) is 1.83. The Morgan fingerprint density at radius 1 is 1.31 bits per heavy atom. The molecular weight excluding hydrogens is 205 g/mol. The Morgan fingerprint density at radius 2 is 1.88 bits per heavy atom. The van der Waals surface area contributed by atoms with Crippen molar-refractivity contribution in [2.75, 3.05) is 6.61 Å². The number of aliphatic hydroxyl groups is 1. The molecular formula is C13H18FNO. The zero-order valence-electron chi connectivity index (χ0n) is 9.94. The largest absolute Gasteiger partial charge is 0.394 e. The van der Waals surface area contributed by atoms with Gasteiger partial charge in [0, 0.05) is 5.71 Å². The molecule has 1 unspecified atom stereocenters. The van der Waals surface area contributed by atoms with E-state index >= 15 is 0 Å². The van der Waals surface area contributed by atoms with Crippen molar-refractivity contribution < 1.29 is 9.50 Å². The van der Waals surface area contributed by atoms with Crippen molar-refractivity contribution in [1.82, 2.24) is 0 Å². The number of nitrogens with zero attached hydrogens (tertiary/aromatic N) is 1. The maximum atomic E-state index is 12.7. The lowest BCUT2D eigenvalue weighted by molar-refractivity contribution is 0.268. The standard InChI is InChI=1S/C13H18FNO/c1-9(2)10(3)15-13(8-16)11-4-6-12(14)7-5-11/h4-7,9,13,16H,8H2,1-3H3. The van der Waals surface area contributed by atoms with Gasteiger partial charge in [-0.1, -0.05) is 26.0 Å². The number of aliphatic imine (C=N–C) groups is 1. The molecule has 0 heterocycles. The summed E-state index contributed by atoms with van der Waals surface area (Å²) in [4.78, 5) is 4.44. The topological polar surface area (TPSA) is 32.6 Å². The van der Waals surface area contributed by atoms with Gasteiger partial charge in [0.05, 0.1) is 12.6 Å². The van der Waals surface area contributed by atoms with Crippen molar-refractivity contribution in [3.63, 3.8) is 0 Å². The highest BCUT2D eigenvalue weighted by molar-refractivity contribution is 5.83. The predicted molar refractivity (Wildman–Crippen MR) is 64.2 cm³/mol. The van der Waals surface area contributed by atoms with Crippen LogP contribution in [0.3, 0.4) is 0 Å². The highest BCUT2D eigenvalue weighted by Crippen LogP contribution is 2.18. The van der Waals surface area contributed by atoms with Crippen molar-refractivity contribution in [2.45, 2.75) is 26.8 Å². The minimum absolute atomic E-state index is 0.0598. The van der Waals surface area contributed by atoms with Gasteiger partial charge in [-0.15, -0.1) is 0 Å². The van der Waals surface area contributed by atoms with Gasteiger partial charge in [-0.2, -0.15) is 0 Å². The molecule has 0 spiro atoms. The zero-order chi connectivity index (χ0) is 12.1. The van der Waals surface area contributed by atoms with Crippen LogP contribution in [0.25, 0.3) is 0 Å². The number of hydrogen-bond donors (Lipinski definition) is 1. The Bertz CT molecular complexity index is 357. The monoisotopic (exact) mass is 223 g/mol. The molecule has 0 saturated carbocycles. The van der Waals surface area contributed by atoms with Gasteiger partial charge in [0.2, 0.25) is 0 Å². The summed E-state index contributed by atoms with van der Waals surface area (Å²) < 4.78 is 12.7. The van der Waals surface area contributed by atoms with E-state index < -0.39 is 0 Å². The van der Waals surface area contributed by atoms with Crippen molar-refractivity contribution in [2.24, 2.45) is 10.9 Å². The Labute approximate surface area is 95.8 Å². The van der Waals surface area contributed by atoms with E-state index in [0.717, 1.165) is 11.3 Å². The average molecular weight is 223 g/mol. The Morgan fingerprint density at radius 3 is 2.31 bits per heavy atom. The first-order chi connectivity index (χ1) is 7.54. The van der Waals surface area contributed by atoms with E-state index in [9.17, 15) is 9.50 Å². The number of halogens is 1. The Balaban J connectivity index is 2.90. The van der Waals surface area contributed by atoms with Crippen LogP contribution in [0.5, 0.6) is 0 Å². The number of hydrogen-bond acceptors (Lipinski definition) is 2. The minimum atomic E-state index is -0.289. The van der Waals surface area contributed by atoms with Gasteiger partial charge in [-0.25, -0.2) is 4.39 Å². The average Bonchev–Trinajstić information content (AvgIpc) is 2.26. The van der Waals surface area contributed by atoms with Gasteiger partial charge in [0.1, 0.15) is 5.82 Å². The molecule has 0 aliphatic carbocycles. The minimum Gasteiger partial charge on any atom is -0.394 e. The second-order valence-corrected chi connectivity index (χ2v) is 4.18. The molecule has 88 valence electrons. The molecule has 0 fully saturated rings. The van der Waals surface area contributed by atoms with Crippen molar-refractivity contribution >= 4 is 5.71 Å². The van der Waals surface area contributed by atoms with Gasteiger partial charge in [0.25, 0.3) is 0 Å². The van der Waals surface area contributed by atoms with Crippen LogP contribution in [-0.2, 0) is 0 Å². The first kappa shape index (κ1) is 12.8. The summed E-state index contributed by atoms with van der Waals surface area (Å²) in [5, 5.41) is 9.28. The smallest absolute Gasteiger partial charge is 0.123 e. The van der Waals surface area contributed by atoms with E-state index in [1.54, 1.807) is 12.1 Å². The fraction of sp³-hybridized carbons (Fsp3) is 0.462. The molecule has 0 aliphatic heterocycles. The molecule has 0 saturated heterocycles. The van der Waals surface area contributed by atoms with E-state index in [4.69, 9.17) is 0 Å². The molecule has 0 aliphatic rings. The van der Waals surface area contributed by atoms with Crippen LogP contribution in [0.15, 0.2) is 29.3 Å². The third-order valence-electron chi connectivity index (χ3n) is 2.62. The molecule has 0 bridgehead atoms. The Hall–Kier alpha value is -1.22. The van der Waals surface area contributed by atoms with E-state index in [1.807, 2.05) is 6.92 Å². The second-order valence-electron chi connectivity index (χ2n) is 4.18. The summed E-state index contributed by atoms with van der Waals surface area (Å²) in [7, 11) is 0. The van der Waals surface area contributed by atoms with Gasteiger partial charge in [0.15, 0.2) is 0 Å². The van der Waals surface area contributed by atoms with Gasteiger partial charge in [-0.05, 0) is 30.5 Å². The zero-order valence-corrected chi connectivity index (χ0v) is 9.94. The molecule has 1 aromatic carbocycles. The normalized spacial score (nSPS) is 14.2. The van der Waals surface area contributed by atoms with Crippen LogP contribution in [0.2, 0.25) is 0 Å². The molecule has 1 atom stereocenters. The Kier molecular flexibility index (Phi) is 4.62. The van der Waals surface area contributed by atoms with Crippen LogP contribution in [0.1, 0.15) is 32.4 Å². The molecule has 16 heavy (non-hydrogen) atoms. The summed E-state index contributed by atoms with van der Waals surface area (Å²) in [6, 6.07) is 5.81. The van der Waals surface area contributed by atoms with Crippen LogP contribution in [0, 0.1) is 11.7 Å². The summed E-state index contributed by atoms with van der Waals surface area (Å²) >= 11 is 0. The molecule has 1 aromatic rings. The van der Waals surface area contributed by atoms with Gasteiger partial charge < -0.3 is 5.11 Å². The van der Waals surface area contributed by atoms with E-state index in [1.165, 1.54) is 12.1 Å². The summed E-state index contributed by atoms with van der Waals surface area (Å²) in [5.74, 6) is 0.0829. The van der Waals surface area contributed by atoms with Crippen molar-refractivity contribution in [3.8, 4) is 0 Å². The first-order valence-corrected chi connectivity index (χ1v) is 5.45. The van der Waals surface area contributed by atoms with Gasteiger partial charge >= 0.3 is 0 Å². The highest BCUT2D eigenvalue weighted by atomic mass is 19.1. The summed E-state index contributed by atoms with van der Waals surface area (Å²) in [6.45, 7) is 5.99. The maximum absolute atomic E-state index is 12.7. The lowest BCUT2D eigenvalue weighted by atomic mass is 10.1. The van der Waals surface area contributed by atoms with E-state index in [2.05, 4.69) is 18.8 Å². The van der Waals surface area contributed by atoms with Crippen LogP contribution in [0.4, 0.5) is 4.39 Å². The van der Waals surface area contributed by atoms with Crippen molar-refractivity contribution in [3.05, 3.63) is 35.6 Å². The number of rotatable bonds is 4. The SMILES string of the molecule is CC(=NC(CO)c1ccc(F)cc1)C(C)C. The van der Waals surface area contributed by atoms with Crippen LogP contribution in [-0.4, -0.2) is 17.4 Å². The lowest BCUT2D eigenvalue weighted by Crippen LogP contribution is -2.08. The molecule has 1 rings (SSSR count). The fourth-order valence-corrected chi connectivity index (χ4v) is 1.30. The van der Waals surface area contributed by atoms with Crippen molar-refractivity contribution in [1.29, 1.82) is 0 Å². The molecule has 3 heteroatoms. The third kappa shape index (κ3) is 3.42. The second kappa shape index (κ2) is 5.75. The maximum Gasteiger partial charge on any atom is 0.123 e. The lowest BCUT2D eigenvalue weighted by Gasteiger charge is -2.13. The van der Waals surface area contributed by atoms with Crippen LogP contribution < -0.4 is 0 Å². The molecule has 2 nitrogen and oxygen atoms in total. The quantitative estimate of drug-likeness (QED) is 0.782. The fourth-order valence-electron chi connectivity index (χ4n) is 1.30. The third-order valence-corrected chi connectivity index (χ3v) is 2.62. The van der Waals surface area contributed by atoms with Crippen LogP contribution >= 0.6 is 0 Å². The number of aliphatic hydroxyl groups excluding tert-OH is 1. The summed E-state index contributed by atoms with van der Waals surface area (Å²) in [6.07, 6.45) is 0. The van der Waals surface area contributed by atoms with E-state index in [0.29, 0.717) is 5.92 Å². The van der Waals surface area contributed by atoms with Gasteiger partial charge in [-0.3, -0.25) is 4.99 Å². The predicted octanol–water partition coefficient (Wildman–Crippen LogP) is 2.98. The highest BCUT2D eigenvalue weighted by Gasteiger charge is 2.10. The number of benzene rings is 1. The molecule has 0 aromatic heterocycles. The van der Waals surface area contributed by atoms with E-state index in [-0.39, 0.29) is 18.5 Å². The molecule has 1 N–H and O–H groups in total. The first-order valence-electron chi connectivity index (χ1n) is 5.45. The molecule has 0 amide bonds.